The van der Waals surface area contributed by atoms with Gasteiger partial charge in [0.05, 0.1) is 6.61 Å². The lowest BCUT2D eigenvalue weighted by Crippen LogP contribution is -2.37. The van der Waals surface area contributed by atoms with Crippen molar-refractivity contribution in [3.8, 4) is 0 Å². The van der Waals surface area contributed by atoms with E-state index in [2.05, 4.69) is 17.6 Å². The standard InChI is InChI=1S/C14H30N2OS/c1-3-4-5-6-7-8-9-10-11-15-14(18)16-12-13-17-2/h3-13H2,1-2H3,(H2,15,16,18). The van der Waals surface area contributed by atoms with Gasteiger partial charge in [-0.05, 0) is 18.6 Å². The van der Waals surface area contributed by atoms with Crippen molar-refractivity contribution in [1.29, 1.82) is 0 Å². The molecule has 0 radical (unpaired) electrons. The van der Waals surface area contributed by atoms with Gasteiger partial charge in [0, 0.05) is 20.2 Å². The average Bonchev–Trinajstić information content (AvgIpc) is 2.37. The molecule has 0 bridgehead atoms. The van der Waals surface area contributed by atoms with E-state index in [4.69, 9.17) is 17.0 Å². The van der Waals surface area contributed by atoms with E-state index >= 15 is 0 Å². The Hall–Kier alpha value is -0.350. The van der Waals surface area contributed by atoms with E-state index in [1.54, 1.807) is 7.11 Å². The molecule has 0 atom stereocenters. The summed E-state index contributed by atoms with van der Waals surface area (Å²) in [6.07, 6.45) is 10.8. The first-order chi connectivity index (χ1) is 8.81. The minimum absolute atomic E-state index is 0.694. The van der Waals surface area contributed by atoms with E-state index in [9.17, 15) is 0 Å². The Balaban J connectivity index is 3.08. The topological polar surface area (TPSA) is 33.3 Å². The van der Waals surface area contributed by atoms with Crippen molar-refractivity contribution in [2.24, 2.45) is 0 Å². The van der Waals surface area contributed by atoms with Gasteiger partial charge in [0.1, 0.15) is 0 Å². The number of hydrogen-bond donors (Lipinski definition) is 2. The van der Waals surface area contributed by atoms with Gasteiger partial charge in [0.25, 0.3) is 0 Å². The molecule has 0 heterocycles. The summed E-state index contributed by atoms with van der Waals surface area (Å²) in [5, 5.41) is 7.07. The zero-order valence-electron chi connectivity index (χ0n) is 12.1. The van der Waals surface area contributed by atoms with Gasteiger partial charge in [0.2, 0.25) is 0 Å². The molecular weight excluding hydrogens is 244 g/mol. The van der Waals surface area contributed by atoms with Crippen molar-refractivity contribution in [3.05, 3.63) is 0 Å². The highest BCUT2D eigenvalue weighted by Crippen LogP contribution is 2.07. The van der Waals surface area contributed by atoms with Crippen molar-refractivity contribution in [3.63, 3.8) is 0 Å². The van der Waals surface area contributed by atoms with Gasteiger partial charge in [-0.3, -0.25) is 0 Å². The minimum atomic E-state index is 0.694. The third-order valence-corrected chi connectivity index (χ3v) is 3.20. The van der Waals surface area contributed by atoms with Crippen molar-refractivity contribution in [1.82, 2.24) is 10.6 Å². The second-order valence-electron chi connectivity index (χ2n) is 4.65. The Bertz CT molecular complexity index is 189. The van der Waals surface area contributed by atoms with Gasteiger partial charge >= 0.3 is 0 Å². The van der Waals surface area contributed by atoms with E-state index < -0.39 is 0 Å². The van der Waals surface area contributed by atoms with Crippen LogP contribution in [0, 0.1) is 0 Å². The number of rotatable bonds is 12. The maximum Gasteiger partial charge on any atom is 0.166 e. The summed E-state index contributed by atoms with van der Waals surface area (Å²) in [5.74, 6) is 0. The molecule has 0 saturated carbocycles. The lowest BCUT2D eigenvalue weighted by atomic mass is 10.1. The van der Waals surface area contributed by atoms with Crippen LogP contribution in [0.4, 0.5) is 0 Å². The van der Waals surface area contributed by atoms with Crippen LogP contribution in [0.1, 0.15) is 58.3 Å². The number of ether oxygens (including phenoxy) is 1. The van der Waals surface area contributed by atoms with Gasteiger partial charge in [-0.25, -0.2) is 0 Å². The minimum Gasteiger partial charge on any atom is -0.383 e. The molecule has 0 aromatic carbocycles. The molecule has 0 unspecified atom stereocenters. The molecule has 4 heteroatoms. The Morgan fingerprint density at radius 3 is 2.06 bits per heavy atom. The lowest BCUT2D eigenvalue weighted by Gasteiger charge is -2.09. The molecular formula is C14H30N2OS. The first-order valence-corrected chi connectivity index (χ1v) is 7.72. The lowest BCUT2D eigenvalue weighted by molar-refractivity contribution is 0.204. The molecule has 0 aromatic rings. The van der Waals surface area contributed by atoms with Gasteiger partial charge < -0.3 is 15.4 Å². The number of hydrogen-bond acceptors (Lipinski definition) is 2. The van der Waals surface area contributed by atoms with Crippen molar-refractivity contribution in [2.45, 2.75) is 58.3 Å². The molecule has 0 amide bonds. The number of nitrogens with one attached hydrogen (secondary N) is 2. The summed E-state index contributed by atoms with van der Waals surface area (Å²) in [5.41, 5.74) is 0. The van der Waals surface area contributed by atoms with Gasteiger partial charge in [-0.15, -0.1) is 0 Å². The molecule has 0 rings (SSSR count). The van der Waals surface area contributed by atoms with E-state index in [1.807, 2.05) is 0 Å². The van der Waals surface area contributed by atoms with E-state index in [-0.39, 0.29) is 0 Å². The maximum absolute atomic E-state index is 5.14. The highest BCUT2D eigenvalue weighted by Gasteiger charge is 1.94. The maximum atomic E-state index is 5.14. The summed E-state index contributed by atoms with van der Waals surface area (Å²) in [7, 11) is 1.69. The molecule has 0 aromatic heterocycles. The second-order valence-corrected chi connectivity index (χ2v) is 5.06. The zero-order valence-corrected chi connectivity index (χ0v) is 12.9. The van der Waals surface area contributed by atoms with Gasteiger partial charge in [-0.1, -0.05) is 51.9 Å². The van der Waals surface area contributed by atoms with Crippen LogP contribution in [-0.2, 0) is 4.74 Å². The summed E-state index contributed by atoms with van der Waals surface area (Å²) in [4.78, 5) is 0. The van der Waals surface area contributed by atoms with Crippen LogP contribution in [0.5, 0.6) is 0 Å². The molecule has 0 saturated heterocycles. The molecule has 0 spiro atoms. The molecule has 0 fully saturated rings. The van der Waals surface area contributed by atoms with Crippen LogP contribution in [0.3, 0.4) is 0 Å². The predicted octanol–water partition coefficient (Wildman–Crippen LogP) is 3.24. The fourth-order valence-electron chi connectivity index (χ4n) is 1.79. The smallest absolute Gasteiger partial charge is 0.166 e. The van der Waals surface area contributed by atoms with Crippen LogP contribution < -0.4 is 10.6 Å². The summed E-state index contributed by atoms with van der Waals surface area (Å²) >= 11 is 5.14. The zero-order chi connectivity index (χ0) is 13.5. The first kappa shape index (κ1) is 17.6. The van der Waals surface area contributed by atoms with Crippen LogP contribution in [0.2, 0.25) is 0 Å². The van der Waals surface area contributed by atoms with Crippen LogP contribution in [-0.4, -0.2) is 31.9 Å². The number of methoxy groups -OCH3 is 1. The second kappa shape index (κ2) is 14.7. The fourth-order valence-corrected chi connectivity index (χ4v) is 1.99. The van der Waals surface area contributed by atoms with E-state index in [0.29, 0.717) is 6.61 Å². The predicted molar refractivity (Wildman–Crippen MR) is 83.1 cm³/mol. The molecule has 0 aliphatic carbocycles. The van der Waals surface area contributed by atoms with Crippen molar-refractivity contribution >= 4 is 17.3 Å². The summed E-state index contributed by atoms with van der Waals surface area (Å²) in [6, 6.07) is 0. The highest BCUT2D eigenvalue weighted by atomic mass is 32.1. The quantitative estimate of drug-likeness (QED) is 0.423. The van der Waals surface area contributed by atoms with Gasteiger partial charge in [-0.2, -0.15) is 0 Å². The third kappa shape index (κ3) is 13.7. The Labute approximate surface area is 118 Å². The first-order valence-electron chi connectivity index (χ1n) is 7.32. The van der Waals surface area contributed by atoms with Crippen LogP contribution in [0.25, 0.3) is 0 Å². The molecule has 0 aliphatic heterocycles. The Morgan fingerprint density at radius 1 is 0.889 bits per heavy atom. The largest absolute Gasteiger partial charge is 0.383 e. The fraction of sp³-hybridized carbons (Fsp3) is 0.929. The van der Waals surface area contributed by atoms with E-state index in [0.717, 1.165) is 18.2 Å². The van der Waals surface area contributed by atoms with Crippen molar-refractivity contribution in [2.75, 3.05) is 26.8 Å². The normalized spacial score (nSPS) is 10.3. The molecule has 18 heavy (non-hydrogen) atoms. The molecule has 0 aliphatic rings. The monoisotopic (exact) mass is 274 g/mol. The van der Waals surface area contributed by atoms with Crippen molar-refractivity contribution < 1.29 is 4.74 Å². The highest BCUT2D eigenvalue weighted by molar-refractivity contribution is 7.80. The molecule has 3 nitrogen and oxygen atoms in total. The molecule has 2 N–H and O–H groups in total. The van der Waals surface area contributed by atoms with Gasteiger partial charge in [0.15, 0.2) is 5.11 Å². The Kier molecular flexibility index (Phi) is 14.4. The average molecular weight is 274 g/mol. The number of thiocarbonyl (C=S) groups is 1. The number of unbranched alkanes of at least 4 members (excludes halogenated alkanes) is 7. The molecule has 108 valence electrons. The van der Waals surface area contributed by atoms with E-state index in [1.165, 1.54) is 51.4 Å². The summed E-state index contributed by atoms with van der Waals surface area (Å²) in [6.45, 7) is 4.71. The Morgan fingerprint density at radius 2 is 1.44 bits per heavy atom. The third-order valence-electron chi connectivity index (χ3n) is 2.91. The van der Waals surface area contributed by atoms with Crippen LogP contribution >= 0.6 is 12.2 Å². The SMILES string of the molecule is CCCCCCCCCCNC(=S)NCCOC. The summed E-state index contributed by atoms with van der Waals surface area (Å²) < 4.78 is 4.94. The van der Waals surface area contributed by atoms with Crippen LogP contribution in [0.15, 0.2) is 0 Å².